The molecule has 0 bridgehead atoms. The molecule has 0 saturated heterocycles. The molecule has 1 N–H and O–H groups in total. The van der Waals surface area contributed by atoms with Gasteiger partial charge in [0, 0.05) is 18.4 Å². The first kappa shape index (κ1) is 31.4. The number of phenols is 1. The van der Waals surface area contributed by atoms with Crippen LogP contribution in [0.2, 0.25) is 0 Å². The van der Waals surface area contributed by atoms with E-state index in [0.717, 1.165) is 5.56 Å². The Morgan fingerprint density at radius 1 is 0.854 bits per heavy atom. The number of ether oxygens (including phenoxy) is 7. The minimum atomic E-state index is -0.765. The first-order chi connectivity index (χ1) is 19.6. The molecule has 2 unspecified atom stereocenters. The van der Waals surface area contributed by atoms with Crippen molar-refractivity contribution in [2.45, 2.75) is 52.7 Å². The van der Waals surface area contributed by atoms with E-state index in [-0.39, 0.29) is 60.7 Å². The summed E-state index contributed by atoms with van der Waals surface area (Å²) in [6, 6.07) is 6.77. The minimum absolute atomic E-state index is 0.0896. The van der Waals surface area contributed by atoms with Gasteiger partial charge in [-0.2, -0.15) is 0 Å². The molecule has 10 nitrogen and oxygen atoms in total. The number of aromatic hydroxyl groups is 1. The summed E-state index contributed by atoms with van der Waals surface area (Å²) in [7, 11) is 4.38. The van der Waals surface area contributed by atoms with E-state index in [1.807, 2.05) is 27.7 Å². The van der Waals surface area contributed by atoms with Crippen molar-refractivity contribution < 1.29 is 47.9 Å². The number of hydrogen-bond donors (Lipinski definition) is 1. The molecule has 0 saturated carbocycles. The standard InChI is InChI=1S/C31H40O10/c1-18(2)11-27(32)38-10-8-9-20-13-24(37-7)31-25(14-20)40-30(26(41-31)17-39-28(33)12-19(3)4)21-15-22(35-5)29(34)23(16-21)36-6/h8-9,13-16,18-19,26,30,34H,10-12,17H2,1-7H3. The zero-order chi connectivity index (χ0) is 30.1. The average molecular weight is 573 g/mol. The Kier molecular flexibility index (Phi) is 11.1. The van der Waals surface area contributed by atoms with Gasteiger partial charge >= 0.3 is 11.9 Å². The van der Waals surface area contributed by atoms with Gasteiger partial charge in [0.2, 0.25) is 11.5 Å². The molecular formula is C31H40O10. The Bertz CT molecular complexity index is 1210. The minimum Gasteiger partial charge on any atom is -0.502 e. The van der Waals surface area contributed by atoms with Crippen molar-refractivity contribution in [2.75, 3.05) is 34.5 Å². The van der Waals surface area contributed by atoms with E-state index in [4.69, 9.17) is 33.2 Å². The molecule has 0 aliphatic carbocycles. The van der Waals surface area contributed by atoms with Crippen LogP contribution >= 0.6 is 0 Å². The molecule has 0 aromatic heterocycles. The molecule has 1 aliphatic rings. The summed E-state index contributed by atoms with van der Waals surface area (Å²) in [5, 5.41) is 10.4. The molecule has 1 heterocycles. The normalized spacial score (nSPS) is 16.1. The van der Waals surface area contributed by atoms with Crippen LogP contribution in [-0.4, -0.2) is 57.7 Å². The van der Waals surface area contributed by atoms with Crippen LogP contribution in [0.4, 0.5) is 0 Å². The first-order valence-electron chi connectivity index (χ1n) is 13.5. The largest absolute Gasteiger partial charge is 0.502 e. The fraction of sp³-hybridized carbons (Fsp3) is 0.484. The lowest BCUT2D eigenvalue weighted by Crippen LogP contribution is -2.38. The maximum Gasteiger partial charge on any atom is 0.306 e. The SMILES string of the molecule is COc1cc(C2Oc3cc(C=CCOC(=O)CC(C)C)cc(OC)c3OC2COC(=O)CC(C)C)cc(OC)c1O. The topological polar surface area (TPSA) is 119 Å². The Labute approximate surface area is 241 Å². The summed E-state index contributed by atoms with van der Waals surface area (Å²) >= 11 is 0. The van der Waals surface area contributed by atoms with Crippen molar-refractivity contribution in [3.8, 4) is 34.5 Å². The van der Waals surface area contributed by atoms with Crippen molar-refractivity contribution in [3.63, 3.8) is 0 Å². The van der Waals surface area contributed by atoms with Crippen LogP contribution in [0.5, 0.6) is 34.5 Å². The van der Waals surface area contributed by atoms with Gasteiger partial charge in [-0.05, 0) is 47.7 Å². The summed E-state index contributed by atoms with van der Waals surface area (Å²) in [4.78, 5) is 24.2. The third kappa shape index (κ3) is 8.45. The lowest BCUT2D eigenvalue weighted by atomic mass is 10.0. The first-order valence-corrected chi connectivity index (χ1v) is 13.5. The number of carbonyl (C=O) groups is 2. The van der Waals surface area contributed by atoms with Crippen LogP contribution in [-0.2, 0) is 19.1 Å². The van der Waals surface area contributed by atoms with Crippen LogP contribution in [0.1, 0.15) is 57.8 Å². The third-order valence-corrected chi connectivity index (χ3v) is 6.16. The molecule has 224 valence electrons. The smallest absolute Gasteiger partial charge is 0.306 e. The van der Waals surface area contributed by atoms with Gasteiger partial charge in [0.1, 0.15) is 13.2 Å². The monoisotopic (exact) mass is 572 g/mol. The number of benzene rings is 2. The molecule has 0 spiro atoms. The number of methoxy groups -OCH3 is 3. The maximum absolute atomic E-state index is 12.4. The third-order valence-electron chi connectivity index (χ3n) is 6.16. The van der Waals surface area contributed by atoms with Gasteiger partial charge in [0.25, 0.3) is 0 Å². The quantitative estimate of drug-likeness (QED) is 0.309. The number of fused-ring (bicyclic) bond motifs is 1. The highest BCUT2D eigenvalue weighted by molar-refractivity contribution is 5.70. The van der Waals surface area contributed by atoms with Crippen molar-refractivity contribution in [1.82, 2.24) is 0 Å². The van der Waals surface area contributed by atoms with Gasteiger partial charge in [-0.1, -0.05) is 33.8 Å². The average Bonchev–Trinajstić information content (AvgIpc) is 2.92. The number of rotatable bonds is 13. The highest BCUT2D eigenvalue weighted by Crippen LogP contribution is 2.48. The Morgan fingerprint density at radius 3 is 2.00 bits per heavy atom. The fourth-order valence-electron chi connectivity index (χ4n) is 4.24. The molecule has 0 fully saturated rings. The zero-order valence-corrected chi connectivity index (χ0v) is 24.7. The number of phenolic OH excluding ortho intramolecular Hbond substituents is 1. The number of carbonyl (C=O) groups excluding carboxylic acids is 2. The Hall–Kier alpha value is -4.08. The van der Waals surface area contributed by atoms with Crippen LogP contribution in [0, 0.1) is 11.8 Å². The van der Waals surface area contributed by atoms with Gasteiger partial charge in [0.15, 0.2) is 35.2 Å². The predicted octanol–water partition coefficient (Wildman–Crippen LogP) is 5.49. The molecule has 3 rings (SSSR count). The van der Waals surface area contributed by atoms with Crippen molar-refractivity contribution in [1.29, 1.82) is 0 Å². The van der Waals surface area contributed by atoms with Crippen LogP contribution < -0.4 is 23.7 Å². The molecule has 41 heavy (non-hydrogen) atoms. The summed E-state index contributed by atoms with van der Waals surface area (Å²) in [6.07, 6.45) is 2.62. The van der Waals surface area contributed by atoms with E-state index in [1.165, 1.54) is 21.3 Å². The second-order valence-corrected chi connectivity index (χ2v) is 10.5. The molecule has 2 aromatic carbocycles. The fourth-order valence-corrected chi connectivity index (χ4v) is 4.24. The van der Waals surface area contributed by atoms with Gasteiger partial charge in [-0.25, -0.2) is 0 Å². The molecule has 2 atom stereocenters. The van der Waals surface area contributed by atoms with Crippen LogP contribution in [0.15, 0.2) is 30.3 Å². The lowest BCUT2D eigenvalue weighted by Gasteiger charge is -2.35. The van der Waals surface area contributed by atoms with Crippen molar-refractivity contribution >= 4 is 18.0 Å². The van der Waals surface area contributed by atoms with Crippen LogP contribution in [0.25, 0.3) is 6.08 Å². The van der Waals surface area contributed by atoms with E-state index >= 15 is 0 Å². The predicted molar refractivity (Wildman–Crippen MR) is 152 cm³/mol. The van der Waals surface area contributed by atoms with E-state index in [9.17, 15) is 14.7 Å². The molecule has 10 heteroatoms. The van der Waals surface area contributed by atoms with Gasteiger partial charge in [-0.15, -0.1) is 0 Å². The molecule has 0 radical (unpaired) electrons. The highest BCUT2D eigenvalue weighted by atomic mass is 16.6. The van der Waals surface area contributed by atoms with Gasteiger partial charge in [0.05, 0.1) is 21.3 Å². The van der Waals surface area contributed by atoms with Crippen LogP contribution in [0.3, 0.4) is 0 Å². The Morgan fingerprint density at radius 2 is 1.44 bits per heavy atom. The summed E-state index contributed by atoms with van der Waals surface area (Å²) in [6.45, 7) is 7.81. The lowest BCUT2D eigenvalue weighted by molar-refractivity contribution is -0.149. The van der Waals surface area contributed by atoms with Crippen molar-refractivity contribution in [3.05, 3.63) is 41.5 Å². The van der Waals surface area contributed by atoms with Crippen molar-refractivity contribution in [2.24, 2.45) is 11.8 Å². The van der Waals surface area contributed by atoms with Gasteiger partial charge in [-0.3, -0.25) is 9.59 Å². The summed E-state index contributed by atoms with van der Waals surface area (Å²) in [5.74, 6) is 1.12. The number of esters is 2. The summed E-state index contributed by atoms with van der Waals surface area (Å²) < 4.78 is 39.9. The van der Waals surface area contributed by atoms with E-state index in [2.05, 4.69) is 0 Å². The molecular weight excluding hydrogens is 532 g/mol. The van der Waals surface area contributed by atoms with E-state index < -0.39 is 12.2 Å². The zero-order valence-electron chi connectivity index (χ0n) is 24.7. The maximum atomic E-state index is 12.4. The summed E-state index contributed by atoms with van der Waals surface area (Å²) in [5.41, 5.74) is 1.30. The van der Waals surface area contributed by atoms with Gasteiger partial charge < -0.3 is 38.3 Å². The highest BCUT2D eigenvalue weighted by Gasteiger charge is 2.37. The molecule has 2 aromatic rings. The van der Waals surface area contributed by atoms with E-state index in [0.29, 0.717) is 29.2 Å². The van der Waals surface area contributed by atoms with E-state index in [1.54, 1.807) is 36.4 Å². The second-order valence-electron chi connectivity index (χ2n) is 10.5. The Balaban J connectivity index is 1.94. The molecule has 1 aliphatic heterocycles. The second kappa shape index (κ2) is 14.5. The molecule has 0 amide bonds. The number of hydrogen-bond acceptors (Lipinski definition) is 10.